The predicted molar refractivity (Wildman–Crippen MR) is 99.7 cm³/mol. The molecule has 0 saturated carbocycles. The molecule has 0 aromatic heterocycles. The predicted octanol–water partition coefficient (Wildman–Crippen LogP) is 4.14. The van der Waals surface area contributed by atoms with Crippen molar-refractivity contribution in [3.8, 4) is 5.75 Å². The maximum atomic E-state index is 13.2. The Kier molecular flexibility index (Phi) is 5.37. The van der Waals surface area contributed by atoms with Crippen LogP contribution < -0.4 is 4.74 Å². The SMILES string of the molecule is COc1ccc(C2CC(Cl)CCN2S(=O)(=O)c2ccc(C)cc2)cc1. The van der Waals surface area contributed by atoms with E-state index >= 15 is 0 Å². The van der Waals surface area contributed by atoms with Gasteiger partial charge in [0.2, 0.25) is 10.0 Å². The zero-order valence-corrected chi connectivity index (χ0v) is 15.9. The molecule has 2 unspecified atom stereocenters. The van der Waals surface area contributed by atoms with Crippen molar-refractivity contribution in [3.05, 3.63) is 59.7 Å². The molecular weight excluding hydrogens is 358 g/mol. The third kappa shape index (κ3) is 3.84. The molecule has 0 amide bonds. The number of ether oxygens (including phenoxy) is 1. The van der Waals surface area contributed by atoms with Crippen LogP contribution in [0.4, 0.5) is 0 Å². The van der Waals surface area contributed by atoms with Crippen LogP contribution in [0.25, 0.3) is 0 Å². The highest BCUT2D eigenvalue weighted by Gasteiger charge is 2.37. The van der Waals surface area contributed by atoms with Crippen molar-refractivity contribution < 1.29 is 13.2 Å². The molecule has 0 radical (unpaired) electrons. The van der Waals surface area contributed by atoms with E-state index < -0.39 is 10.0 Å². The molecule has 0 aliphatic carbocycles. The maximum absolute atomic E-state index is 13.2. The Balaban J connectivity index is 1.97. The molecular formula is C19H22ClNO3S. The number of rotatable bonds is 4. The topological polar surface area (TPSA) is 46.6 Å². The summed E-state index contributed by atoms with van der Waals surface area (Å²) in [6.45, 7) is 2.36. The van der Waals surface area contributed by atoms with E-state index in [9.17, 15) is 8.42 Å². The highest BCUT2D eigenvalue weighted by Crippen LogP contribution is 2.37. The summed E-state index contributed by atoms with van der Waals surface area (Å²) in [4.78, 5) is 0.324. The van der Waals surface area contributed by atoms with E-state index in [1.807, 2.05) is 43.3 Å². The van der Waals surface area contributed by atoms with Crippen molar-refractivity contribution >= 4 is 21.6 Å². The molecule has 2 atom stereocenters. The van der Waals surface area contributed by atoms with Crippen LogP contribution in [0.3, 0.4) is 0 Å². The number of halogens is 1. The Labute approximate surface area is 154 Å². The standard InChI is InChI=1S/C19H22ClNO3S/c1-14-3-9-18(10-4-14)25(22,23)21-12-11-16(20)13-19(21)15-5-7-17(24-2)8-6-15/h3-10,16,19H,11-13H2,1-2H3. The van der Waals surface area contributed by atoms with Crippen LogP contribution >= 0.6 is 11.6 Å². The lowest BCUT2D eigenvalue weighted by molar-refractivity contribution is 0.259. The number of piperidine rings is 1. The molecule has 2 aromatic rings. The van der Waals surface area contributed by atoms with E-state index in [-0.39, 0.29) is 11.4 Å². The van der Waals surface area contributed by atoms with Gasteiger partial charge in [-0.25, -0.2) is 8.42 Å². The van der Waals surface area contributed by atoms with Gasteiger partial charge in [0.05, 0.1) is 18.0 Å². The Morgan fingerprint density at radius 2 is 1.72 bits per heavy atom. The third-order valence-corrected chi connectivity index (χ3v) is 6.94. The summed E-state index contributed by atoms with van der Waals surface area (Å²) in [6.07, 6.45) is 1.25. The summed E-state index contributed by atoms with van der Waals surface area (Å²) in [7, 11) is -1.96. The van der Waals surface area contributed by atoms with Crippen LogP contribution in [-0.2, 0) is 10.0 Å². The highest BCUT2D eigenvalue weighted by molar-refractivity contribution is 7.89. The average molecular weight is 380 g/mol. The van der Waals surface area contributed by atoms with Gasteiger partial charge in [-0.3, -0.25) is 0 Å². The van der Waals surface area contributed by atoms with Crippen LogP contribution in [0.1, 0.15) is 30.0 Å². The first kappa shape index (κ1) is 18.2. The summed E-state index contributed by atoms with van der Waals surface area (Å²) < 4.78 is 33.1. The number of hydrogen-bond donors (Lipinski definition) is 0. The molecule has 1 saturated heterocycles. The van der Waals surface area contributed by atoms with E-state index in [0.717, 1.165) is 16.9 Å². The number of aryl methyl sites for hydroxylation is 1. The fraction of sp³-hybridized carbons (Fsp3) is 0.368. The van der Waals surface area contributed by atoms with Crippen molar-refractivity contribution in [2.75, 3.05) is 13.7 Å². The van der Waals surface area contributed by atoms with Gasteiger partial charge in [0, 0.05) is 11.9 Å². The third-order valence-electron chi connectivity index (χ3n) is 4.62. The minimum absolute atomic E-state index is 0.0310. The Bertz CT molecular complexity index is 819. The summed E-state index contributed by atoms with van der Waals surface area (Å²) in [5.41, 5.74) is 1.96. The van der Waals surface area contributed by atoms with E-state index in [0.29, 0.717) is 24.3 Å². The maximum Gasteiger partial charge on any atom is 0.243 e. The molecule has 1 aliphatic rings. The number of sulfonamides is 1. The van der Waals surface area contributed by atoms with Crippen molar-refractivity contribution in [2.24, 2.45) is 0 Å². The highest BCUT2D eigenvalue weighted by atomic mass is 35.5. The molecule has 134 valence electrons. The number of hydrogen-bond acceptors (Lipinski definition) is 3. The van der Waals surface area contributed by atoms with Gasteiger partial charge in [-0.15, -0.1) is 11.6 Å². The largest absolute Gasteiger partial charge is 0.497 e. The van der Waals surface area contributed by atoms with E-state index in [2.05, 4.69) is 0 Å². The molecule has 4 nitrogen and oxygen atoms in total. The van der Waals surface area contributed by atoms with Crippen molar-refractivity contribution in [1.82, 2.24) is 4.31 Å². The lowest BCUT2D eigenvalue weighted by Gasteiger charge is -2.37. The van der Waals surface area contributed by atoms with Gasteiger partial charge in [-0.05, 0) is 49.6 Å². The molecule has 1 heterocycles. The number of nitrogens with zero attached hydrogens (tertiary/aromatic N) is 1. The molecule has 6 heteroatoms. The van der Waals surface area contributed by atoms with Crippen molar-refractivity contribution in [2.45, 2.75) is 36.1 Å². The van der Waals surface area contributed by atoms with Crippen LogP contribution in [0.2, 0.25) is 0 Å². The van der Waals surface area contributed by atoms with Gasteiger partial charge in [0.1, 0.15) is 5.75 Å². The summed E-state index contributed by atoms with van der Waals surface area (Å²) >= 11 is 6.36. The van der Waals surface area contributed by atoms with Gasteiger partial charge in [0.25, 0.3) is 0 Å². The first-order chi connectivity index (χ1) is 11.9. The van der Waals surface area contributed by atoms with Crippen LogP contribution in [0.5, 0.6) is 5.75 Å². The van der Waals surface area contributed by atoms with Gasteiger partial charge in [-0.1, -0.05) is 29.8 Å². The number of benzene rings is 2. The zero-order valence-electron chi connectivity index (χ0n) is 14.4. The van der Waals surface area contributed by atoms with Crippen LogP contribution in [0, 0.1) is 6.92 Å². The lowest BCUT2D eigenvalue weighted by Crippen LogP contribution is -2.41. The fourth-order valence-electron chi connectivity index (χ4n) is 3.16. The quantitative estimate of drug-likeness (QED) is 0.750. The Morgan fingerprint density at radius 3 is 2.32 bits per heavy atom. The number of alkyl halides is 1. The van der Waals surface area contributed by atoms with E-state index in [1.54, 1.807) is 23.5 Å². The van der Waals surface area contributed by atoms with E-state index in [1.165, 1.54) is 0 Å². The molecule has 1 aliphatic heterocycles. The summed E-state index contributed by atoms with van der Waals surface area (Å²) in [5.74, 6) is 0.745. The molecule has 1 fully saturated rings. The van der Waals surface area contributed by atoms with E-state index in [4.69, 9.17) is 16.3 Å². The minimum Gasteiger partial charge on any atom is -0.497 e. The van der Waals surface area contributed by atoms with Gasteiger partial charge < -0.3 is 4.74 Å². The molecule has 0 N–H and O–H groups in total. The summed E-state index contributed by atoms with van der Waals surface area (Å²) in [6, 6.07) is 14.2. The molecule has 2 aromatic carbocycles. The monoisotopic (exact) mass is 379 g/mol. The van der Waals surface area contributed by atoms with Gasteiger partial charge in [-0.2, -0.15) is 4.31 Å². The first-order valence-corrected chi connectivity index (χ1v) is 10.2. The smallest absolute Gasteiger partial charge is 0.243 e. The van der Waals surface area contributed by atoms with Gasteiger partial charge >= 0.3 is 0 Å². The molecule has 25 heavy (non-hydrogen) atoms. The molecule has 0 spiro atoms. The second-order valence-electron chi connectivity index (χ2n) is 6.34. The average Bonchev–Trinajstić information content (AvgIpc) is 2.62. The zero-order chi connectivity index (χ0) is 18.0. The first-order valence-electron chi connectivity index (χ1n) is 8.28. The van der Waals surface area contributed by atoms with Gasteiger partial charge in [0.15, 0.2) is 0 Å². The van der Waals surface area contributed by atoms with Crippen LogP contribution in [-0.4, -0.2) is 31.8 Å². The molecule has 3 rings (SSSR count). The lowest BCUT2D eigenvalue weighted by atomic mass is 9.97. The second-order valence-corrected chi connectivity index (χ2v) is 8.85. The Hall–Kier alpha value is -1.56. The van der Waals surface area contributed by atoms with Crippen molar-refractivity contribution in [1.29, 1.82) is 0 Å². The van der Waals surface area contributed by atoms with Crippen molar-refractivity contribution in [3.63, 3.8) is 0 Å². The molecule has 0 bridgehead atoms. The second kappa shape index (κ2) is 7.36. The minimum atomic E-state index is -3.57. The number of methoxy groups -OCH3 is 1. The van der Waals surface area contributed by atoms with Crippen LogP contribution in [0.15, 0.2) is 53.4 Å². The Morgan fingerprint density at radius 1 is 1.08 bits per heavy atom. The normalized spacial score (nSPS) is 21.9. The summed E-state index contributed by atoms with van der Waals surface area (Å²) in [5, 5.41) is -0.0310. The fourth-order valence-corrected chi connectivity index (χ4v) is 5.07.